The van der Waals surface area contributed by atoms with Crippen LogP contribution in [0.3, 0.4) is 0 Å². The van der Waals surface area contributed by atoms with Crippen molar-refractivity contribution in [1.29, 1.82) is 0 Å². The highest BCUT2D eigenvalue weighted by atomic mass is 79.9. The number of amides is 1. The Morgan fingerprint density at radius 2 is 1.77 bits per heavy atom. The second-order valence-electron chi connectivity index (χ2n) is 4.51. The average molecular weight is 382 g/mol. The summed E-state index contributed by atoms with van der Waals surface area (Å²) < 4.78 is 47.4. The summed E-state index contributed by atoms with van der Waals surface area (Å²) in [6.45, 7) is 0. The molecule has 1 N–H and O–H groups in total. The Morgan fingerprint density at radius 1 is 1.23 bits per heavy atom. The first-order valence-electron chi connectivity index (χ1n) is 6.02. The third kappa shape index (κ3) is 2.77. The Kier molecular flexibility index (Phi) is 4.37. The van der Waals surface area contributed by atoms with Crippen molar-refractivity contribution in [3.8, 4) is 11.5 Å². The van der Waals surface area contributed by atoms with Crippen LogP contribution < -0.4 is 14.8 Å². The SMILES string of the molecule is COc1cc2c(cc1OC)[C@H](NC(=O)C(F)(F)F)[C@@H](Br)C2=O. The van der Waals surface area contributed by atoms with E-state index in [0.717, 1.165) is 0 Å². The normalized spacial score (nSPS) is 20.5. The second kappa shape index (κ2) is 5.79. The number of nitrogens with one attached hydrogen (secondary N) is 1. The van der Waals surface area contributed by atoms with Gasteiger partial charge in [0, 0.05) is 5.56 Å². The lowest BCUT2D eigenvalue weighted by Crippen LogP contribution is -2.41. The van der Waals surface area contributed by atoms with E-state index in [0.29, 0.717) is 0 Å². The molecule has 2 rings (SSSR count). The number of ether oxygens (including phenoxy) is 2. The molecule has 0 saturated carbocycles. The zero-order chi connectivity index (χ0) is 16.7. The van der Waals surface area contributed by atoms with Gasteiger partial charge in [-0.2, -0.15) is 13.2 Å². The van der Waals surface area contributed by atoms with Crippen molar-refractivity contribution in [2.24, 2.45) is 0 Å². The second-order valence-corrected chi connectivity index (χ2v) is 5.50. The molecule has 120 valence electrons. The Balaban J connectivity index is 2.45. The van der Waals surface area contributed by atoms with E-state index in [1.807, 2.05) is 5.32 Å². The van der Waals surface area contributed by atoms with Crippen LogP contribution in [0.15, 0.2) is 12.1 Å². The third-order valence-electron chi connectivity index (χ3n) is 3.24. The molecule has 0 aromatic heterocycles. The fourth-order valence-corrected chi connectivity index (χ4v) is 2.86. The maximum Gasteiger partial charge on any atom is 0.471 e. The molecule has 0 heterocycles. The van der Waals surface area contributed by atoms with Crippen LogP contribution in [0.2, 0.25) is 0 Å². The summed E-state index contributed by atoms with van der Waals surface area (Å²) in [5.74, 6) is -2.03. The van der Waals surface area contributed by atoms with Gasteiger partial charge in [0.2, 0.25) is 0 Å². The standard InChI is InChI=1S/C13H11BrF3NO4/c1-21-7-3-5-6(4-8(7)22-2)11(19)9(14)10(5)18-12(20)13(15,16)17/h3-4,9-10H,1-2H3,(H,18,20)/t9-,10+/m1/s1. The Morgan fingerprint density at radius 3 is 2.27 bits per heavy atom. The predicted octanol–water partition coefficient (Wildman–Crippen LogP) is 2.38. The summed E-state index contributed by atoms with van der Waals surface area (Å²) in [4.78, 5) is 22.3. The van der Waals surface area contributed by atoms with Crippen LogP contribution in [0.1, 0.15) is 22.0 Å². The number of Topliss-reactive ketones (excluding diaryl/α,β-unsaturated/α-hetero) is 1. The molecule has 22 heavy (non-hydrogen) atoms. The molecule has 1 amide bonds. The third-order valence-corrected chi connectivity index (χ3v) is 4.19. The van der Waals surface area contributed by atoms with Crippen molar-refractivity contribution in [2.45, 2.75) is 17.0 Å². The number of hydrogen-bond donors (Lipinski definition) is 1. The highest BCUT2D eigenvalue weighted by molar-refractivity contribution is 9.10. The molecule has 2 atom stereocenters. The minimum atomic E-state index is -5.03. The number of methoxy groups -OCH3 is 2. The molecule has 9 heteroatoms. The highest BCUT2D eigenvalue weighted by Crippen LogP contribution is 2.42. The molecule has 0 saturated heterocycles. The van der Waals surface area contributed by atoms with Crippen LogP contribution in [-0.2, 0) is 4.79 Å². The lowest BCUT2D eigenvalue weighted by molar-refractivity contribution is -0.174. The molecular formula is C13H11BrF3NO4. The van der Waals surface area contributed by atoms with Crippen molar-refractivity contribution in [1.82, 2.24) is 5.32 Å². The quantitative estimate of drug-likeness (QED) is 0.816. The molecule has 0 spiro atoms. The van der Waals surface area contributed by atoms with E-state index >= 15 is 0 Å². The topological polar surface area (TPSA) is 64.6 Å². The van der Waals surface area contributed by atoms with Gasteiger partial charge in [-0.15, -0.1) is 0 Å². The largest absolute Gasteiger partial charge is 0.493 e. The van der Waals surface area contributed by atoms with E-state index in [-0.39, 0.29) is 22.6 Å². The lowest BCUT2D eigenvalue weighted by Gasteiger charge is -2.18. The number of carbonyl (C=O) groups excluding carboxylic acids is 2. The first-order valence-corrected chi connectivity index (χ1v) is 6.94. The van der Waals surface area contributed by atoms with Crippen molar-refractivity contribution in [3.05, 3.63) is 23.3 Å². The smallest absolute Gasteiger partial charge is 0.471 e. The van der Waals surface area contributed by atoms with Gasteiger partial charge in [0.25, 0.3) is 0 Å². The fourth-order valence-electron chi connectivity index (χ4n) is 2.20. The molecule has 5 nitrogen and oxygen atoms in total. The van der Waals surface area contributed by atoms with Crippen molar-refractivity contribution < 1.29 is 32.2 Å². The molecule has 0 unspecified atom stereocenters. The number of halogens is 4. The van der Waals surface area contributed by atoms with Gasteiger partial charge in [0.05, 0.1) is 20.3 Å². The Bertz CT molecular complexity index is 632. The number of fused-ring (bicyclic) bond motifs is 1. The Hall–Kier alpha value is -1.77. The summed E-state index contributed by atoms with van der Waals surface area (Å²) in [6, 6.07) is 1.62. The predicted molar refractivity (Wildman–Crippen MR) is 73.5 cm³/mol. The minimum absolute atomic E-state index is 0.173. The van der Waals surface area contributed by atoms with E-state index in [9.17, 15) is 22.8 Å². The van der Waals surface area contributed by atoms with Gasteiger partial charge < -0.3 is 14.8 Å². The van der Waals surface area contributed by atoms with Gasteiger partial charge in [0.15, 0.2) is 17.3 Å². The molecule has 0 bridgehead atoms. The number of rotatable bonds is 3. The number of alkyl halides is 4. The van der Waals surface area contributed by atoms with Gasteiger partial charge in [-0.25, -0.2) is 0 Å². The minimum Gasteiger partial charge on any atom is -0.493 e. The maximum atomic E-state index is 12.4. The summed E-state index contributed by atoms with van der Waals surface area (Å²) in [6.07, 6.45) is -5.03. The van der Waals surface area contributed by atoms with E-state index in [1.54, 1.807) is 0 Å². The molecule has 0 radical (unpaired) electrons. The molecule has 1 aromatic rings. The fraction of sp³-hybridized carbons (Fsp3) is 0.385. The lowest BCUT2D eigenvalue weighted by atomic mass is 10.1. The average Bonchev–Trinajstić information content (AvgIpc) is 2.69. The van der Waals surface area contributed by atoms with Gasteiger partial charge in [0.1, 0.15) is 4.83 Å². The zero-order valence-electron chi connectivity index (χ0n) is 11.5. The summed E-state index contributed by atoms with van der Waals surface area (Å²) in [5.41, 5.74) is 0.411. The number of ketones is 1. The van der Waals surface area contributed by atoms with Crippen LogP contribution in [0.4, 0.5) is 13.2 Å². The zero-order valence-corrected chi connectivity index (χ0v) is 13.0. The number of hydrogen-bond acceptors (Lipinski definition) is 4. The van der Waals surface area contributed by atoms with Gasteiger partial charge in [-0.3, -0.25) is 9.59 Å². The molecule has 1 aromatic carbocycles. The first-order chi connectivity index (χ1) is 10.2. The molecule has 0 aliphatic heterocycles. The van der Waals surface area contributed by atoms with Crippen molar-refractivity contribution >= 4 is 27.6 Å². The molecular weight excluding hydrogens is 371 g/mol. The van der Waals surface area contributed by atoms with Gasteiger partial charge in [-0.05, 0) is 17.7 Å². The first kappa shape index (κ1) is 16.6. The summed E-state index contributed by atoms with van der Waals surface area (Å²) in [7, 11) is 2.73. The van der Waals surface area contributed by atoms with Crippen LogP contribution in [0.25, 0.3) is 0 Å². The van der Waals surface area contributed by atoms with Crippen LogP contribution in [0.5, 0.6) is 11.5 Å². The number of benzene rings is 1. The molecule has 0 fully saturated rings. The summed E-state index contributed by atoms with van der Waals surface area (Å²) in [5, 5.41) is 1.82. The van der Waals surface area contributed by atoms with Crippen molar-refractivity contribution in [3.63, 3.8) is 0 Å². The van der Waals surface area contributed by atoms with E-state index < -0.39 is 28.7 Å². The van der Waals surface area contributed by atoms with Gasteiger partial charge >= 0.3 is 12.1 Å². The Labute approximate surface area is 131 Å². The van der Waals surface area contributed by atoms with Crippen LogP contribution in [0, 0.1) is 0 Å². The van der Waals surface area contributed by atoms with E-state index in [4.69, 9.17) is 9.47 Å². The van der Waals surface area contributed by atoms with Gasteiger partial charge in [-0.1, -0.05) is 15.9 Å². The van der Waals surface area contributed by atoms with Crippen LogP contribution in [-0.4, -0.2) is 36.9 Å². The van der Waals surface area contributed by atoms with E-state index in [2.05, 4.69) is 15.9 Å². The van der Waals surface area contributed by atoms with E-state index in [1.165, 1.54) is 26.4 Å². The number of carbonyl (C=O) groups is 2. The van der Waals surface area contributed by atoms with Crippen molar-refractivity contribution in [2.75, 3.05) is 14.2 Å². The highest BCUT2D eigenvalue weighted by Gasteiger charge is 2.45. The summed E-state index contributed by atoms with van der Waals surface area (Å²) >= 11 is 3.03. The monoisotopic (exact) mass is 381 g/mol. The molecule has 1 aliphatic rings. The van der Waals surface area contributed by atoms with Crippen LogP contribution >= 0.6 is 15.9 Å². The molecule has 1 aliphatic carbocycles. The maximum absolute atomic E-state index is 12.4.